The van der Waals surface area contributed by atoms with E-state index >= 15 is 0 Å². The Morgan fingerprint density at radius 1 is 1.17 bits per heavy atom. The van der Waals surface area contributed by atoms with E-state index in [1.165, 1.54) is 11.8 Å². The average Bonchev–Trinajstić information content (AvgIpc) is 3.09. The Bertz CT molecular complexity index is 997. The van der Waals surface area contributed by atoms with Gasteiger partial charge in [-0.25, -0.2) is 0 Å². The number of nitrogens with zero attached hydrogens (tertiary/aromatic N) is 3. The van der Waals surface area contributed by atoms with Gasteiger partial charge in [-0.1, -0.05) is 35.5 Å². The number of hydrogen-bond donors (Lipinski definition) is 1. The van der Waals surface area contributed by atoms with Crippen molar-refractivity contribution in [2.75, 3.05) is 12.9 Å². The number of ether oxygens (including phenoxy) is 1. The highest BCUT2D eigenvalue weighted by molar-refractivity contribution is 7.99. The molecule has 0 bridgehead atoms. The third-order valence-corrected chi connectivity index (χ3v) is 5.07. The summed E-state index contributed by atoms with van der Waals surface area (Å²) < 4.78 is 7.25. The lowest BCUT2D eigenvalue weighted by Gasteiger charge is -2.20. The summed E-state index contributed by atoms with van der Waals surface area (Å²) in [6.07, 6.45) is 0. The first kappa shape index (κ1) is 21.2. The molecule has 0 saturated heterocycles. The molecule has 3 rings (SSSR count). The quantitative estimate of drug-likeness (QED) is 0.578. The number of benzene rings is 2. The normalized spacial score (nSPS) is 11.3. The lowest BCUT2D eigenvalue weighted by Crippen LogP contribution is -2.41. The van der Waals surface area contributed by atoms with Crippen molar-refractivity contribution in [1.29, 1.82) is 0 Å². The Balaban J connectivity index is 1.97. The molecule has 0 radical (unpaired) electrons. The number of rotatable bonds is 6. The molecule has 2 aromatic carbocycles. The summed E-state index contributed by atoms with van der Waals surface area (Å²) in [5.74, 6) is 1.56. The lowest BCUT2D eigenvalue weighted by atomic mass is 10.1. The number of halogens is 1. The molecule has 1 amide bonds. The molecule has 6 nitrogen and oxygen atoms in total. The number of carbonyl (C=O) groups is 1. The summed E-state index contributed by atoms with van der Waals surface area (Å²) in [4.78, 5) is 12.3. The maximum atomic E-state index is 12.3. The molecule has 0 fully saturated rings. The molecule has 3 aromatic rings. The first-order valence-electron chi connectivity index (χ1n) is 9.06. The van der Waals surface area contributed by atoms with E-state index in [1.54, 1.807) is 7.11 Å². The predicted molar refractivity (Wildman–Crippen MR) is 117 cm³/mol. The van der Waals surface area contributed by atoms with Crippen LogP contribution in [0.2, 0.25) is 5.02 Å². The summed E-state index contributed by atoms with van der Waals surface area (Å²) in [5.41, 5.74) is 1.43. The second kappa shape index (κ2) is 8.88. The van der Waals surface area contributed by atoms with Crippen LogP contribution in [0.3, 0.4) is 0 Å². The first-order valence-corrected chi connectivity index (χ1v) is 10.4. The maximum absolute atomic E-state index is 12.3. The monoisotopic (exact) mass is 430 g/mol. The molecule has 0 aliphatic carbocycles. The summed E-state index contributed by atoms with van der Waals surface area (Å²) in [7, 11) is 1.62. The first-order chi connectivity index (χ1) is 13.8. The van der Waals surface area contributed by atoms with Crippen LogP contribution in [0, 0.1) is 0 Å². The van der Waals surface area contributed by atoms with E-state index in [0.717, 1.165) is 17.0 Å². The second-order valence-corrected chi connectivity index (χ2v) is 8.82. The zero-order valence-corrected chi connectivity index (χ0v) is 18.3. The highest BCUT2D eigenvalue weighted by Crippen LogP contribution is 2.30. The van der Waals surface area contributed by atoms with Crippen molar-refractivity contribution >= 4 is 29.3 Å². The molecule has 8 heteroatoms. The van der Waals surface area contributed by atoms with Crippen LogP contribution in [-0.2, 0) is 4.79 Å². The fourth-order valence-corrected chi connectivity index (χ4v) is 3.60. The molecule has 29 heavy (non-hydrogen) atoms. The Kier molecular flexibility index (Phi) is 6.49. The molecule has 0 aliphatic rings. The maximum Gasteiger partial charge on any atom is 0.230 e. The molecule has 0 aliphatic heterocycles. The van der Waals surface area contributed by atoms with Crippen LogP contribution in [0.5, 0.6) is 5.75 Å². The summed E-state index contributed by atoms with van der Waals surface area (Å²) in [6.45, 7) is 5.85. The Morgan fingerprint density at radius 3 is 2.55 bits per heavy atom. The van der Waals surface area contributed by atoms with E-state index in [9.17, 15) is 4.79 Å². The van der Waals surface area contributed by atoms with Gasteiger partial charge in [0.1, 0.15) is 5.75 Å². The smallest absolute Gasteiger partial charge is 0.230 e. The van der Waals surface area contributed by atoms with Gasteiger partial charge in [0.15, 0.2) is 11.0 Å². The molecule has 1 aromatic heterocycles. The molecule has 0 unspecified atom stereocenters. The third-order valence-electron chi connectivity index (χ3n) is 3.89. The van der Waals surface area contributed by atoms with Crippen molar-refractivity contribution in [2.45, 2.75) is 31.5 Å². The molecule has 0 atom stereocenters. The van der Waals surface area contributed by atoms with Gasteiger partial charge in [0.2, 0.25) is 5.91 Å². The van der Waals surface area contributed by atoms with Gasteiger partial charge in [0.05, 0.1) is 12.9 Å². The van der Waals surface area contributed by atoms with Gasteiger partial charge in [-0.15, -0.1) is 10.2 Å². The molecule has 0 spiro atoms. The zero-order chi connectivity index (χ0) is 21.0. The lowest BCUT2D eigenvalue weighted by molar-refractivity contribution is -0.119. The summed E-state index contributed by atoms with van der Waals surface area (Å²) in [5, 5.41) is 12.9. The van der Waals surface area contributed by atoms with Crippen LogP contribution in [0.4, 0.5) is 0 Å². The van der Waals surface area contributed by atoms with Gasteiger partial charge in [-0.05, 0) is 57.2 Å². The van der Waals surface area contributed by atoms with E-state index < -0.39 is 0 Å². The van der Waals surface area contributed by atoms with Crippen molar-refractivity contribution in [3.05, 3.63) is 53.6 Å². The van der Waals surface area contributed by atoms with Crippen LogP contribution in [-0.4, -0.2) is 39.1 Å². The van der Waals surface area contributed by atoms with E-state index in [1.807, 2.05) is 73.9 Å². The summed E-state index contributed by atoms with van der Waals surface area (Å²) >= 11 is 7.39. The summed E-state index contributed by atoms with van der Waals surface area (Å²) in [6, 6.07) is 15.0. The van der Waals surface area contributed by atoms with Crippen LogP contribution < -0.4 is 10.1 Å². The average molecular weight is 431 g/mol. The minimum atomic E-state index is -0.284. The minimum Gasteiger partial charge on any atom is -0.497 e. The van der Waals surface area contributed by atoms with Crippen molar-refractivity contribution in [3.63, 3.8) is 0 Å². The Labute approximate surface area is 179 Å². The zero-order valence-electron chi connectivity index (χ0n) is 16.8. The predicted octanol–water partition coefficient (Wildman–Crippen LogP) is 4.60. The van der Waals surface area contributed by atoms with E-state index in [2.05, 4.69) is 15.5 Å². The van der Waals surface area contributed by atoms with Crippen LogP contribution in [0.1, 0.15) is 20.8 Å². The molecule has 1 heterocycles. The van der Waals surface area contributed by atoms with E-state index in [-0.39, 0.29) is 17.2 Å². The van der Waals surface area contributed by atoms with Crippen LogP contribution in [0.25, 0.3) is 17.1 Å². The number of nitrogens with one attached hydrogen (secondary N) is 1. The van der Waals surface area contributed by atoms with Crippen LogP contribution in [0.15, 0.2) is 53.7 Å². The van der Waals surface area contributed by atoms with Gasteiger partial charge in [-0.2, -0.15) is 0 Å². The number of carbonyl (C=O) groups excluding carboxylic acids is 1. The highest BCUT2D eigenvalue weighted by Gasteiger charge is 2.19. The van der Waals surface area contributed by atoms with E-state index in [0.29, 0.717) is 16.0 Å². The third kappa shape index (κ3) is 5.52. The Morgan fingerprint density at radius 2 is 1.90 bits per heavy atom. The van der Waals surface area contributed by atoms with Crippen molar-refractivity contribution in [3.8, 4) is 22.8 Å². The molecule has 0 saturated carbocycles. The fraction of sp³-hybridized carbons (Fsp3) is 0.286. The van der Waals surface area contributed by atoms with Gasteiger partial charge in [0, 0.05) is 21.8 Å². The fourth-order valence-electron chi connectivity index (χ4n) is 2.72. The number of amides is 1. The second-order valence-electron chi connectivity index (χ2n) is 7.44. The molecular formula is C21H23ClN4O2S. The van der Waals surface area contributed by atoms with Gasteiger partial charge < -0.3 is 10.1 Å². The van der Waals surface area contributed by atoms with Gasteiger partial charge in [-0.3, -0.25) is 9.36 Å². The Hall–Kier alpha value is -2.51. The SMILES string of the molecule is COc1cccc(-c2nnc(SCC(=O)NC(C)(C)C)n2-c2ccc(Cl)cc2)c1. The number of aromatic nitrogens is 3. The minimum absolute atomic E-state index is 0.0592. The van der Waals surface area contributed by atoms with Crippen molar-refractivity contribution in [2.24, 2.45) is 0 Å². The van der Waals surface area contributed by atoms with Gasteiger partial charge >= 0.3 is 0 Å². The highest BCUT2D eigenvalue weighted by atomic mass is 35.5. The molecule has 1 N–H and O–H groups in total. The topological polar surface area (TPSA) is 69.0 Å². The number of hydrogen-bond acceptors (Lipinski definition) is 5. The van der Waals surface area contributed by atoms with Crippen LogP contribution >= 0.6 is 23.4 Å². The standard InChI is InChI=1S/C21H23ClN4O2S/c1-21(2,3)23-18(27)13-29-20-25-24-19(14-6-5-7-17(12-14)28-4)26(20)16-10-8-15(22)9-11-16/h5-12H,13H2,1-4H3,(H,23,27). The number of methoxy groups -OCH3 is 1. The van der Waals surface area contributed by atoms with Gasteiger partial charge in [0.25, 0.3) is 0 Å². The van der Waals surface area contributed by atoms with E-state index in [4.69, 9.17) is 16.3 Å². The number of thioether (sulfide) groups is 1. The molecule has 152 valence electrons. The molecular weight excluding hydrogens is 408 g/mol. The van der Waals surface area contributed by atoms with Crippen molar-refractivity contribution < 1.29 is 9.53 Å². The van der Waals surface area contributed by atoms with Crippen molar-refractivity contribution in [1.82, 2.24) is 20.1 Å². The largest absolute Gasteiger partial charge is 0.497 e.